The smallest absolute Gasteiger partial charge is 0.311 e. The van der Waals surface area contributed by atoms with E-state index in [1.165, 1.54) is 0 Å². The molecule has 11 nitrogen and oxygen atoms in total. The Hall–Kier alpha value is -1.15. The van der Waals surface area contributed by atoms with E-state index in [1.54, 1.807) is 13.8 Å². The molecule has 0 radical (unpaired) electrons. The van der Waals surface area contributed by atoms with Gasteiger partial charge in [0.2, 0.25) is 0 Å². The van der Waals surface area contributed by atoms with E-state index >= 15 is 0 Å². The summed E-state index contributed by atoms with van der Waals surface area (Å²) in [6, 6.07) is -0.278. The summed E-state index contributed by atoms with van der Waals surface area (Å²) in [6.07, 6.45) is -4.24. The third-order valence-corrected chi connectivity index (χ3v) is 10.0. The van der Waals surface area contributed by atoms with E-state index in [0.717, 1.165) is 0 Å². The molecule has 0 aromatic rings. The van der Waals surface area contributed by atoms with Crippen molar-refractivity contribution in [2.45, 2.75) is 141 Å². The van der Waals surface area contributed by atoms with Crippen LogP contribution in [0.25, 0.3) is 0 Å². The Morgan fingerprint density at radius 1 is 1.09 bits per heavy atom. The highest BCUT2D eigenvalue weighted by atomic mass is 16.7. The third-order valence-electron chi connectivity index (χ3n) is 10.0. The molecule has 4 N–H and O–H groups in total. The molecule has 4 aliphatic rings. The van der Waals surface area contributed by atoms with Gasteiger partial charge in [-0.3, -0.25) is 4.79 Å². The Morgan fingerprint density at radius 2 is 1.75 bits per heavy atom. The molecule has 0 saturated carbocycles. The number of hydrogen-bond acceptors (Lipinski definition) is 11. The number of esters is 1. The molecular formula is C33H60N2O9. The molecule has 4 saturated heterocycles. The highest BCUT2D eigenvalue weighted by Crippen LogP contribution is 2.38. The van der Waals surface area contributed by atoms with E-state index in [1.807, 2.05) is 53.6 Å². The van der Waals surface area contributed by atoms with E-state index < -0.39 is 65.8 Å². The minimum Gasteiger partial charge on any atom is -0.459 e. The molecule has 14 atom stereocenters. The predicted molar refractivity (Wildman–Crippen MR) is 167 cm³/mol. The summed E-state index contributed by atoms with van der Waals surface area (Å²) in [5.74, 6) is -2.39. The van der Waals surface area contributed by atoms with Gasteiger partial charge in [-0.05, 0) is 79.5 Å². The van der Waals surface area contributed by atoms with Gasteiger partial charge in [0.05, 0.1) is 49.1 Å². The molecule has 4 fully saturated rings. The summed E-state index contributed by atoms with van der Waals surface area (Å²) < 4.78 is 31.8. The Morgan fingerprint density at radius 3 is 2.36 bits per heavy atom. The molecule has 44 heavy (non-hydrogen) atoms. The van der Waals surface area contributed by atoms with Crippen LogP contribution in [0.15, 0.2) is 12.2 Å². The number of carbonyl (C=O) groups excluding carboxylic acids is 1. The van der Waals surface area contributed by atoms with Crippen LogP contribution in [0.2, 0.25) is 0 Å². The largest absolute Gasteiger partial charge is 0.459 e. The van der Waals surface area contributed by atoms with Crippen molar-refractivity contribution < 1.29 is 43.8 Å². The van der Waals surface area contributed by atoms with E-state index in [9.17, 15) is 20.1 Å². The molecule has 0 spiro atoms. The second-order valence-corrected chi connectivity index (χ2v) is 14.4. The van der Waals surface area contributed by atoms with Crippen molar-refractivity contribution in [2.75, 3.05) is 33.9 Å². The van der Waals surface area contributed by atoms with Crippen molar-refractivity contribution in [1.29, 1.82) is 0 Å². The molecule has 4 aliphatic heterocycles. The standard InChI is InChI=1S/C33H60N2O9/c1-12-25-33(9,39)28-19(3)15-34-20(4)14-32(8,41-17-18(2)16-40-28)29(22(6)26(36)23(7)30(38)43-25)44-31-27(37)24(35(10)11)13-21(5)42-31/h19-29,31,34,36-37,39H,2,12-17H2,1,3-11H3/t19-,20+,21+,22-,23+,24-,25+,26-,27+,28-,29+,31-,32+,33+/m0/s1. The highest BCUT2D eigenvalue weighted by Gasteiger charge is 2.51. The number of rotatable bonds is 4. The summed E-state index contributed by atoms with van der Waals surface area (Å²) in [6.45, 7) is 19.9. The van der Waals surface area contributed by atoms with Gasteiger partial charge < -0.3 is 49.2 Å². The molecular weight excluding hydrogens is 568 g/mol. The second-order valence-electron chi connectivity index (χ2n) is 14.4. The first-order chi connectivity index (χ1) is 20.4. The molecule has 0 aromatic heterocycles. The van der Waals surface area contributed by atoms with E-state index in [4.69, 9.17) is 23.7 Å². The Balaban J connectivity index is 2.14. The summed E-state index contributed by atoms with van der Waals surface area (Å²) in [5.41, 5.74) is -1.87. The maximum absolute atomic E-state index is 13.6. The van der Waals surface area contributed by atoms with Gasteiger partial charge in [0, 0.05) is 24.5 Å². The normalized spacial score (nSPS) is 47.2. The quantitative estimate of drug-likeness (QED) is 0.269. The average molecular weight is 629 g/mol. The maximum Gasteiger partial charge on any atom is 0.311 e. The summed E-state index contributed by atoms with van der Waals surface area (Å²) in [7, 11) is 3.83. The van der Waals surface area contributed by atoms with Crippen LogP contribution in [0.3, 0.4) is 0 Å². The summed E-state index contributed by atoms with van der Waals surface area (Å²) >= 11 is 0. The number of fused-ring (bicyclic) bond motifs is 15. The van der Waals surface area contributed by atoms with Gasteiger partial charge >= 0.3 is 5.97 Å². The highest BCUT2D eigenvalue weighted by molar-refractivity contribution is 5.73. The number of carbonyl (C=O) groups is 1. The van der Waals surface area contributed by atoms with E-state index in [2.05, 4.69) is 18.8 Å². The van der Waals surface area contributed by atoms with E-state index in [0.29, 0.717) is 31.4 Å². The number of nitrogens with zero attached hydrogens (tertiary/aromatic N) is 1. The lowest BCUT2D eigenvalue weighted by Crippen LogP contribution is -2.60. The zero-order valence-corrected chi connectivity index (χ0v) is 28.6. The fourth-order valence-corrected chi connectivity index (χ4v) is 7.30. The molecule has 11 heteroatoms. The van der Waals surface area contributed by atoms with Crippen LogP contribution in [0.5, 0.6) is 0 Å². The van der Waals surface area contributed by atoms with Gasteiger partial charge in [-0.15, -0.1) is 0 Å². The van der Waals surface area contributed by atoms with Crippen molar-refractivity contribution in [1.82, 2.24) is 10.2 Å². The zero-order valence-electron chi connectivity index (χ0n) is 28.6. The molecule has 0 amide bonds. The van der Waals surface area contributed by atoms with E-state index in [-0.39, 0.29) is 37.3 Å². The van der Waals surface area contributed by atoms with Gasteiger partial charge in [0.1, 0.15) is 17.8 Å². The minimum atomic E-state index is -1.52. The SMILES string of the molecule is C=C1CO[C@H]2[C@@H](C)CN[C@H](C)C[C@@](C)(OC1)[C@H](O[C@@H]1O[C@H](C)C[C@H](N(C)C)[C@H]1O)[C@@H](C)[C@H](O)[C@@H](C)C(=O)O[C@H](CC)[C@@]2(C)O. The summed E-state index contributed by atoms with van der Waals surface area (Å²) in [5, 5.41) is 38.6. The third kappa shape index (κ3) is 8.41. The van der Waals surface area contributed by atoms with Crippen LogP contribution in [-0.4, -0.2) is 126 Å². The van der Waals surface area contributed by atoms with Crippen molar-refractivity contribution in [3.05, 3.63) is 12.2 Å². The van der Waals surface area contributed by atoms with Crippen LogP contribution in [-0.2, 0) is 28.5 Å². The fraction of sp³-hybridized carbons (Fsp3) is 0.909. The Bertz CT molecular complexity index is 964. The molecule has 0 aromatic carbocycles. The molecule has 0 unspecified atom stereocenters. The molecule has 4 rings (SSSR count). The number of nitrogens with one attached hydrogen (secondary N) is 1. The Labute approximate surface area is 264 Å². The van der Waals surface area contributed by atoms with Gasteiger partial charge in [0.25, 0.3) is 0 Å². The molecule has 2 bridgehead atoms. The van der Waals surface area contributed by atoms with Crippen LogP contribution in [0.1, 0.15) is 74.7 Å². The number of ether oxygens (including phenoxy) is 5. The maximum atomic E-state index is 13.6. The number of hydrogen-bond donors (Lipinski definition) is 4. The molecule has 0 aliphatic carbocycles. The van der Waals surface area contributed by atoms with Crippen molar-refractivity contribution in [2.24, 2.45) is 17.8 Å². The monoisotopic (exact) mass is 628 g/mol. The van der Waals surface area contributed by atoms with Gasteiger partial charge in [-0.25, -0.2) is 0 Å². The zero-order chi connectivity index (χ0) is 33.1. The van der Waals surface area contributed by atoms with Gasteiger partial charge in [-0.1, -0.05) is 27.4 Å². The van der Waals surface area contributed by atoms with Crippen LogP contribution in [0, 0.1) is 17.8 Å². The second kappa shape index (κ2) is 15.2. The number of likely N-dealkylation sites (N-methyl/N-ethyl adjacent to an activating group) is 1. The molecule has 256 valence electrons. The topological polar surface area (TPSA) is 139 Å². The summed E-state index contributed by atoms with van der Waals surface area (Å²) in [4.78, 5) is 15.5. The van der Waals surface area contributed by atoms with Crippen molar-refractivity contribution in [3.8, 4) is 0 Å². The number of aliphatic hydroxyl groups excluding tert-OH is 2. The van der Waals surface area contributed by atoms with Crippen LogP contribution >= 0.6 is 0 Å². The van der Waals surface area contributed by atoms with Crippen LogP contribution < -0.4 is 5.32 Å². The average Bonchev–Trinajstić information content (AvgIpc) is 2.95. The first-order valence-corrected chi connectivity index (χ1v) is 16.3. The van der Waals surface area contributed by atoms with Crippen molar-refractivity contribution in [3.63, 3.8) is 0 Å². The first kappa shape index (κ1) is 37.3. The lowest BCUT2D eigenvalue weighted by atomic mass is 9.78. The minimum absolute atomic E-state index is 0.0794. The molecule has 4 heterocycles. The predicted octanol–water partition coefficient (Wildman–Crippen LogP) is 2.25. The number of aliphatic hydroxyl groups is 3. The lowest BCUT2D eigenvalue weighted by molar-refractivity contribution is -0.302. The Kier molecular flexibility index (Phi) is 12.9. The van der Waals surface area contributed by atoms with Crippen molar-refractivity contribution >= 4 is 5.97 Å². The van der Waals surface area contributed by atoms with Crippen LogP contribution in [0.4, 0.5) is 0 Å². The lowest BCUT2D eigenvalue weighted by Gasteiger charge is -2.48. The van der Waals surface area contributed by atoms with Gasteiger partial charge in [0.15, 0.2) is 6.29 Å². The van der Waals surface area contributed by atoms with Gasteiger partial charge in [-0.2, -0.15) is 0 Å². The fourth-order valence-electron chi connectivity index (χ4n) is 7.30. The first-order valence-electron chi connectivity index (χ1n) is 16.3.